The van der Waals surface area contributed by atoms with Crippen LogP contribution in [0.3, 0.4) is 0 Å². The summed E-state index contributed by atoms with van der Waals surface area (Å²) < 4.78 is 16.1. The highest BCUT2D eigenvalue weighted by Crippen LogP contribution is 2.34. The summed E-state index contributed by atoms with van der Waals surface area (Å²) in [7, 11) is 3.07. The lowest BCUT2D eigenvalue weighted by atomic mass is 9.98. The Kier molecular flexibility index (Phi) is 5.67. The van der Waals surface area contributed by atoms with Gasteiger partial charge in [0.1, 0.15) is 17.1 Å². The molecular weight excluding hydrogens is 392 g/mol. The molecule has 154 valence electrons. The number of hydrogen-bond donors (Lipinski definition) is 0. The second-order valence-electron chi connectivity index (χ2n) is 6.84. The molecule has 0 saturated heterocycles. The molecule has 1 aromatic heterocycles. The van der Waals surface area contributed by atoms with Gasteiger partial charge in [0.15, 0.2) is 11.4 Å². The number of rotatable bonds is 6. The lowest BCUT2D eigenvalue weighted by molar-refractivity contribution is 0.104. The first-order valence-electron chi connectivity index (χ1n) is 9.67. The summed E-state index contributed by atoms with van der Waals surface area (Å²) >= 11 is 0. The van der Waals surface area contributed by atoms with Crippen LogP contribution < -0.4 is 15.1 Å². The van der Waals surface area contributed by atoms with Gasteiger partial charge in [-0.05, 0) is 47.0 Å². The predicted octanol–water partition coefficient (Wildman–Crippen LogP) is 5.37. The highest BCUT2D eigenvalue weighted by molar-refractivity contribution is 6.16. The zero-order valence-corrected chi connectivity index (χ0v) is 17.1. The van der Waals surface area contributed by atoms with Gasteiger partial charge in [0.05, 0.1) is 14.2 Å². The maximum absolute atomic E-state index is 13.1. The van der Waals surface area contributed by atoms with Gasteiger partial charge in [0.25, 0.3) is 0 Å². The zero-order chi connectivity index (χ0) is 21.8. The Hall–Kier alpha value is -4.12. The Labute approximate surface area is 179 Å². The standard InChI is InChI=1S/C26H20O5/c1-29-19-11-8-17(9-12-19)10-14-22(27)25-23(30-2)15-13-20-21(16-24(28)31-26(20)25)18-6-4-3-5-7-18/h3-16H,1-2H3/b14-10-. The Morgan fingerprint density at radius 3 is 2.32 bits per heavy atom. The SMILES string of the molecule is COc1ccc(/C=C\C(=O)c2c(OC)ccc3c(-c4ccccc4)cc(=O)oc23)cc1. The molecule has 0 unspecified atom stereocenters. The number of benzene rings is 3. The molecule has 0 N–H and O–H groups in total. The molecule has 0 saturated carbocycles. The van der Waals surface area contributed by atoms with Crippen molar-refractivity contribution in [1.29, 1.82) is 0 Å². The van der Waals surface area contributed by atoms with Crippen LogP contribution in [0, 0.1) is 0 Å². The summed E-state index contributed by atoms with van der Waals surface area (Å²) in [6.45, 7) is 0. The van der Waals surface area contributed by atoms with Gasteiger partial charge in [-0.2, -0.15) is 0 Å². The van der Waals surface area contributed by atoms with Crippen LogP contribution in [-0.4, -0.2) is 20.0 Å². The second kappa shape index (κ2) is 8.71. The molecule has 4 rings (SSSR count). The third-order valence-electron chi connectivity index (χ3n) is 4.97. The molecular formula is C26H20O5. The normalized spacial score (nSPS) is 11.0. The van der Waals surface area contributed by atoms with E-state index in [2.05, 4.69) is 0 Å². The van der Waals surface area contributed by atoms with Gasteiger partial charge in [0.2, 0.25) is 0 Å². The highest BCUT2D eigenvalue weighted by Gasteiger charge is 2.19. The fraction of sp³-hybridized carbons (Fsp3) is 0.0769. The number of fused-ring (bicyclic) bond motifs is 1. The number of allylic oxidation sites excluding steroid dienone is 1. The number of ketones is 1. The van der Waals surface area contributed by atoms with Crippen LogP contribution in [0.1, 0.15) is 15.9 Å². The minimum atomic E-state index is -0.534. The van der Waals surface area contributed by atoms with E-state index in [1.165, 1.54) is 19.3 Å². The minimum absolute atomic E-state index is 0.204. The van der Waals surface area contributed by atoms with Crippen LogP contribution in [0.4, 0.5) is 0 Å². The van der Waals surface area contributed by atoms with E-state index in [0.29, 0.717) is 16.7 Å². The second-order valence-corrected chi connectivity index (χ2v) is 6.84. The van der Waals surface area contributed by atoms with Crippen molar-refractivity contribution in [3.8, 4) is 22.6 Å². The third-order valence-corrected chi connectivity index (χ3v) is 4.97. The van der Waals surface area contributed by atoms with Crippen molar-refractivity contribution in [2.75, 3.05) is 14.2 Å². The van der Waals surface area contributed by atoms with Crippen molar-refractivity contribution in [1.82, 2.24) is 0 Å². The number of hydrogen-bond acceptors (Lipinski definition) is 5. The molecule has 31 heavy (non-hydrogen) atoms. The highest BCUT2D eigenvalue weighted by atomic mass is 16.5. The van der Waals surface area contributed by atoms with Crippen molar-refractivity contribution in [3.05, 3.63) is 100 Å². The van der Waals surface area contributed by atoms with Crippen molar-refractivity contribution < 1.29 is 18.7 Å². The molecule has 0 aliphatic rings. The number of carbonyl (C=O) groups is 1. The van der Waals surface area contributed by atoms with E-state index in [-0.39, 0.29) is 16.9 Å². The molecule has 5 heteroatoms. The van der Waals surface area contributed by atoms with Gasteiger partial charge in [-0.3, -0.25) is 4.79 Å². The van der Waals surface area contributed by atoms with Gasteiger partial charge in [0, 0.05) is 11.5 Å². The Bertz CT molecular complexity index is 1320. The molecule has 4 aromatic rings. The molecule has 5 nitrogen and oxygen atoms in total. The number of methoxy groups -OCH3 is 2. The van der Waals surface area contributed by atoms with Crippen LogP contribution in [0.15, 0.2) is 88.1 Å². The number of carbonyl (C=O) groups excluding carboxylic acids is 1. The molecule has 0 spiro atoms. The van der Waals surface area contributed by atoms with E-state index < -0.39 is 5.63 Å². The van der Waals surface area contributed by atoms with Crippen molar-refractivity contribution in [3.63, 3.8) is 0 Å². The minimum Gasteiger partial charge on any atom is -0.497 e. The van der Waals surface area contributed by atoms with Crippen LogP contribution in [0.5, 0.6) is 11.5 Å². The summed E-state index contributed by atoms with van der Waals surface area (Å²) in [5.41, 5.74) is 2.27. The molecule has 3 aromatic carbocycles. The predicted molar refractivity (Wildman–Crippen MR) is 121 cm³/mol. The lowest BCUT2D eigenvalue weighted by Gasteiger charge is -2.11. The first-order valence-corrected chi connectivity index (χ1v) is 9.67. The van der Waals surface area contributed by atoms with Gasteiger partial charge in [-0.25, -0.2) is 4.79 Å². The monoisotopic (exact) mass is 412 g/mol. The van der Waals surface area contributed by atoms with E-state index in [1.54, 1.807) is 25.3 Å². The summed E-state index contributed by atoms with van der Waals surface area (Å²) in [5, 5.41) is 0.660. The Morgan fingerprint density at radius 2 is 1.65 bits per heavy atom. The lowest BCUT2D eigenvalue weighted by Crippen LogP contribution is -2.05. The zero-order valence-electron chi connectivity index (χ0n) is 17.1. The Balaban J connectivity index is 1.84. The maximum Gasteiger partial charge on any atom is 0.336 e. The molecule has 1 heterocycles. The summed E-state index contributed by atoms with van der Waals surface area (Å²) in [6.07, 6.45) is 3.13. The largest absolute Gasteiger partial charge is 0.497 e. The van der Waals surface area contributed by atoms with E-state index in [4.69, 9.17) is 13.9 Å². The van der Waals surface area contributed by atoms with E-state index >= 15 is 0 Å². The first-order chi connectivity index (χ1) is 15.1. The first kappa shape index (κ1) is 20.2. The van der Waals surface area contributed by atoms with Gasteiger partial charge in [-0.1, -0.05) is 48.5 Å². The smallest absolute Gasteiger partial charge is 0.336 e. The van der Waals surface area contributed by atoms with Crippen LogP contribution in [0.25, 0.3) is 28.2 Å². The quantitative estimate of drug-likeness (QED) is 0.242. The third kappa shape index (κ3) is 4.12. The van der Waals surface area contributed by atoms with Gasteiger partial charge in [-0.15, -0.1) is 0 Å². The van der Waals surface area contributed by atoms with Gasteiger partial charge < -0.3 is 13.9 Å². The molecule has 0 bridgehead atoms. The molecule has 0 amide bonds. The van der Waals surface area contributed by atoms with Gasteiger partial charge >= 0.3 is 5.63 Å². The van der Waals surface area contributed by atoms with E-state index in [9.17, 15) is 9.59 Å². The summed E-state index contributed by atoms with van der Waals surface area (Å²) in [4.78, 5) is 25.5. The van der Waals surface area contributed by atoms with Crippen molar-refractivity contribution in [2.24, 2.45) is 0 Å². The van der Waals surface area contributed by atoms with E-state index in [0.717, 1.165) is 16.9 Å². The Morgan fingerprint density at radius 1 is 0.903 bits per heavy atom. The van der Waals surface area contributed by atoms with E-state index in [1.807, 2.05) is 54.6 Å². The molecule has 0 atom stereocenters. The topological polar surface area (TPSA) is 65.7 Å². The van der Waals surface area contributed by atoms with Crippen molar-refractivity contribution in [2.45, 2.75) is 0 Å². The number of ether oxygens (including phenoxy) is 2. The molecule has 0 aliphatic heterocycles. The summed E-state index contributed by atoms with van der Waals surface area (Å²) in [5.74, 6) is 0.742. The maximum atomic E-state index is 13.1. The molecule has 0 aliphatic carbocycles. The fourth-order valence-corrected chi connectivity index (χ4v) is 3.44. The average molecular weight is 412 g/mol. The van der Waals surface area contributed by atoms with Crippen LogP contribution >= 0.6 is 0 Å². The van der Waals surface area contributed by atoms with Crippen LogP contribution in [-0.2, 0) is 0 Å². The summed E-state index contributed by atoms with van der Waals surface area (Å²) in [6, 6.07) is 21.8. The average Bonchev–Trinajstić information content (AvgIpc) is 2.82. The molecule has 0 radical (unpaired) electrons. The van der Waals surface area contributed by atoms with Crippen molar-refractivity contribution >= 4 is 22.8 Å². The van der Waals surface area contributed by atoms with Crippen LogP contribution in [0.2, 0.25) is 0 Å². The fourth-order valence-electron chi connectivity index (χ4n) is 3.44. The molecule has 0 fully saturated rings.